The number of aliphatic carboxylic acids is 1. The van der Waals surface area contributed by atoms with Crippen molar-refractivity contribution in [2.24, 2.45) is 0 Å². The highest BCUT2D eigenvalue weighted by molar-refractivity contribution is 8.00. The molecule has 20 heavy (non-hydrogen) atoms. The number of carboxylic acids is 1. The molecule has 1 rings (SSSR count). The fraction of sp³-hybridized carbons (Fsp3) is 0.467. The maximum Gasteiger partial charge on any atom is 0.303 e. The second-order valence-electron chi connectivity index (χ2n) is 4.82. The molecule has 1 aromatic carbocycles. The van der Waals surface area contributed by atoms with Crippen LogP contribution in [-0.2, 0) is 9.59 Å². The first-order valence-corrected chi connectivity index (χ1v) is 7.66. The third-order valence-corrected chi connectivity index (χ3v) is 4.16. The molecule has 1 aromatic rings. The zero-order valence-corrected chi connectivity index (χ0v) is 12.9. The molecule has 110 valence electrons. The van der Waals surface area contributed by atoms with E-state index in [1.165, 1.54) is 11.8 Å². The van der Waals surface area contributed by atoms with Gasteiger partial charge >= 0.3 is 5.97 Å². The lowest BCUT2D eigenvalue weighted by atomic mass is 10.1. The van der Waals surface area contributed by atoms with Crippen LogP contribution in [0.5, 0.6) is 0 Å². The molecule has 0 fully saturated rings. The van der Waals surface area contributed by atoms with Crippen molar-refractivity contribution in [3.05, 3.63) is 29.3 Å². The molecule has 4 nitrogen and oxygen atoms in total. The first kappa shape index (κ1) is 16.6. The highest BCUT2D eigenvalue weighted by Crippen LogP contribution is 2.19. The maximum absolute atomic E-state index is 12.1. The van der Waals surface area contributed by atoms with Crippen LogP contribution in [0.3, 0.4) is 0 Å². The molecule has 0 aliphatic carbocycles. The number of amides is 1. The fourth-order valence-corrected chi connectivity index (χ4v) is 2.54. The van der Waals surface area contributed by atoms with Gasteiger partial charge in [0.15, 0.2) is 0 Å². The zero-order valence-electron chi connectivity index (χ0n) is 12.1. The van der Waals surface area contributed by atoms with E-state index in [0.717, 1.165) is 16.8 Å². The summed E-state index contributed by atoms with van der Waals surface area (Å²) < 4.78 is 0. The Morgan fingerprint density at radius 1 is 1.35 bits per heavy atom. The first-order chi connectivity index (χ1) is 9.40. The van der Waals surface area contributed by atoms with Crippen molar-refractivity contribution in [2.45, 2.75) is 38.9 Å². The van der Waals surface area contributed by atoms with Crippen molar-refractivity contribution in [2.75, 3.05) is 11.1 Å². The van der Waals surface area contributed by atoms with Crippen molar-refractivity contribution in [1.29, 1.82) is 0 Å². The van der Waals surface area contributed by atoms with E-state index in [2.05, 4.69) is 5.32 Å². The summed E-state index contributed by atoms with van der Waals surface area (Å²) in [6.07, 6.45) is 0.736. The summed E-state index contributed by atoms with van der Waals surface area (Å²) in [5, 5.41) is 11.3. The molecule has 1 amide bonds. The van der Waals surface area contributed by atoms with Crippen molar-refractivity contribution in [1.82, 2.24) is 0 Å². The number of thioether (sulfide) groups is 1. The highest BCUT2D eigenvalue weighted by Gasteiger charge is 2.14. The minimum absolute atomic E-state index is 0.0426. The van der Waals surface area contributed by atoms with Crippen LogP contribution < -0.4 is 5.32 Å². The molecule has 5 heteroatoms. The molecular formula is C15H21NO3S. The number of carbonyl (C=O) groups is 2. The van der Waals surface area contributed by atoms with E-state index in [4.69, 9.17) is 5.11 Å². The van der Waals surface area contributed by atoms with Crippen LogP contribution in [0.2, 0.25) is 0 Å². The van der Waals surface area contributed by atoms with Crippen molar-refractivity contribution >= 4 is 29.3 Å². The number of carbonyl (C=O) groups excluding carboxylic acids is 1. The summed E-state index contributed by atoms with van der Waals surface area (Å²) in [6.45, 7) is 5.78. The van der Waals surface area contributed by atoms with Gasteiger partial charge in [-0.05, 0) is 50.1 Å². The van der Waals surface area contributed by atoms with Gasteiger partial charge in [-0.25, -0.2) is 0 Å². The molecule has 0 heterocycles. The Hall–Kier alpha value is -1.49. The molecule has 0 saturated heterocycles. The minimum atomic E-state index is -0.793. The van der Waals surface area contributed by atoms with Crippen molar-refractivity contribution in [3.8, 4) is 0 Å². The van der Waals surface area contributed by atoms with Gasteiger partial charge in [-0.2, -0.15) is 0 Å². The standard InChI is InChI=1S/C15H21NO3S/c1-10-6-7-11(2)13(9-10)16-15(19)12(3)20-8-4-5-14(17)18/h6-7,9,12H,4-5,8H2,1-3H3,(H,16,19)(H,17,18). The van der Waals surface area contributed by atoms with E-state index >= 15 is 0 Å². The van der Waals surface area contributed by atoms with Crippen molar-refractivity contribution < 1.29 is 14.7 Å². The van der Waals surface area contributed by atoms with Gasteiger partial charge in [0.05, 0.1) is 5.25 Å². The highest BCUT2D eigenvalue weighted by atomic mass is 32.2. The molecule has 0 saturated carbocycles. The summed E-state index contributed by atoms with van der Waals surface area (Å²) in [5.74, 6) is -0.162. The van der Waals surface area contributed by atoms with Crippen LogP contribution in [0.25, 0.3) is 0 Å². The Morgan fingerprint density at radius 2 is 2.05 bits per heavy atom. The molecule has 0 aromatic heterocycles. The van der Waals surface area contributed by atoms with E-state index in [1.807, 2.05) is 39.0 Å². The van der Waals surface area contributed by atoms with E-state index < -0.39 is 5.97 Å². The number of anilines is 1. The van der Waals surface area contributed by atoms with Gasteiger partial charge in [-0.15, -0.1) is 11.8 Å². The summed E-state index contributed by atoms with van der Waals surface area (Å²) in [7, 11) is 0. The van der Waals surface area contributed by atoms with Gasteiger partial charge in [-0.1, -0.05) is 12.1 Å². The molecule has 1 unspecified atom stereocenters. The number of aryl methyl sites for hydroxylation is 2. The Morgan fingerprint density at radius 3 is 2.70 bits per heavy atom. The predicted octanol–water partition coefficient (Wildman–Crippen LogP) is 3.23. The lowest BCUT2D eigenvalue weighted by Gasteiger charge is -2.14. The monoisotopic (exact) mass is 295 g/mol. The molecule has 0 bridgehead atoms. The second kappa shape index (κ2) is 7.94. The molecule has 0 aliphatic heterocycles. The third-order valence-electron chi connectivity index (χ3n) is 2.92. The first-order valence-electron chi connectivity index (χ1n) is 6.61. The van der Waals surface area contributed by atoms with Gasteiger partial charge in [0.25, 0.3) is 0 Å². The smallest absolute Gasteiger partial charge is 0.303 e. The topological polar surface area (TPSA) is 66.4 Å². The molecule has 0 aliphatic rings. The maximum atomic E-state index is 12.1. The molecule has 1 atom stereocenters. The van der Waals surface area contributed by atoms with Gasteiger partial charge < -0.3 is 10.4 Å². The molecular weight excluding hydrogens is 274 g/mol. The van der Waals surface area contributed by atoms with E-state index in [-0.39, 0.29) is 17.6 Å². The lowest BCUT2D eigenvalue weighted by molar-refractivity contribution is -0.137. The summed E-state index contributed by atoms with van der Waals surface area (Å²) >= 11 is 1.48. The quantitative estimate of drug-likeness (QED) is 0.758. The van der Waals surface area contributed by atoms with Crippen molar-refractivity contribution in [3.63, 3.8) is 0 Å². The number of rotatable bonds is 7. The third kappa shape index (κ3) is 5.65. The second-order valence-corrected chi connectivity index (χ2v) is 6.27. The molecule has 2 N–H and O–H groups in total. The number of nitrogens with one attached hydrogen (secondary N) is 1. The zero-order chi connectivity index (χ0) is 15.1. The van der Waals surface area contributed by atoms with Crippen LogP contribution in [-0.4, -0.2) is 28.0 Å². The normalized spacial score (nSPS) is 11.9. The number of benzene rings is 1. The summed E-state index contributed by atoms with van der Waals surface area (Å²) in [5.41, 5.74) is 2.98. The lowest BCUT2D eigenvalue weighted by Crippen LogP contribution is -2.23. The van der Waals surface area contributed by atoms with Gasteiger partial charge in [0.2, 0.25) is 5.91 Å². The largest absolute Gasteiger partial charge is 0.481 e. The average Bonchev–Trinajstić information content (AvgIpc) is 2.38. The van der Waals surface area contributed by atoms with E-state index in [9.17, 15) is 9.59 Å². The van der Waals surface area contributed by atoms with Crippen LogP contribution in [0.1, 0.15) is 30.9 Å². The fourth-order valence-electron chi connectivity index (χ4n) is 1.66. The van der Waals surface area contributed by atoms with Gasteiger partial charge in [0.1, 0.15) is 0 Å². The van der Waals surface area contributed by atoms with Crippen LogP contribution >= 0.6 is 11.8 Å². The van der Waals surface area contributed by atoms with Crippen LogP contribution in [0.4, 0.5) is 5.69 Å². The Labute approximate surface area is 124 Å². The minimum Gasteiger partial charge on any atom is -0.481 e. The summed E-state index contributed by atoms with van der Waals surface area (Å²) in [6, 6.07) is 5.94. The van der Waals surface area contributed by atoms with E-state index in [1.54, 1.807) is 0 Å². The Kier molecular flexibility index (Phi) is 6.58. The van der Waals surface area contributed by atoms with Gasteiger partial charge in [-0.3, -0.25) is 9.59 Å². The number of hydrogen-bond acceptors (Lipinski definition) is 3. The number of carboxylic acid groups (broad SMARTS) is 1. The average molecular weight is 295 g/mol. The van der Waals surface area contributed by atoms with Gasteiger partial charge in [0, 0.05) is 12.1 Å². The Bertz CT molecular complexity index is 488. The predicted molar refractivity (Wildman–Crippen MR) is 83.3 cm³/mol. The van der Waals surface area contributed by atoms with E-state index in [0.29, 0.717) is 12.2 Å². The number of hydrogen-bond donors (Lipinski definition) is 2. The van der Waals surface area contributed by atoms with Crippen LogP contribution in [0, 0.1) is 13.8 Å². The molecule has 0 radical (unpaired) electrons. The Balaban J connectivity index is 2.45. The van der Waals surface area contributed by atoms with Crippen LogP contribution in [0.15, 0.2) is 18.2 Å². The molecule has 0 spiro atoms. The summed E-state index contributed by atoms with van der Waals surface area (Å²) in [4.78, 5) is 22.5. The SMILES string of the molecule is Cc1ccc(C)c(NC(=O)C(C)SCCCC(=O)O)c1.